The summed E-state index contributed by atoms with van der Waals surface area (Å²) in [5.74, 6) is 2.01. The Hall–Kier alpha value is -2.57. The lowest BCUT2D eigenvalue weighted by atomic mass is 10.3. The number of aliphatic imine (C=N–C) groups is 1. The van der Waals surface area contributed by atoms with Crippen LogP contribution in [0, 0.1) is 6.92 Å². The molecule has 0 fully saturated rings. The molecule has 0 aliphatic rings. The number of methoxy groups -OCH3 is 1. The Morgan fingerprint density at radius 3 is 3.05 bits per heavy atom. The van der Waals surface area contributed by atoms with Crippen LogP contribution in [0.4, 0.5) is 5.69 Å². The first kappa shape index (κ1) is 12.9. The first-order chi connectivity index (χ1) is 9.17. The van der Waals surface area contributed by atoms with Crippen molar-refractivity contribution in [2.45, 2.75) is 13.5 Å². The zero-order chi connectivity index (χ0) is 13.7. The van der Waals surface area contributed by atoms with E-state index in [9.17, 15) is 0 Å². The number of rotatable bonds is 4. The van der Waals surface area contributed by atoms with Crippen LogP contribution in [0.15, 0.2) is 33.8 Å². The van der Waals surface area contributed by atoms with E-state index in [0.717, 1.165) is 11.4 Å². The molecule has 19 heavy (non-hydrogen) atoms. The van der Waals surface area contributed by atoms with Gasteiger partial charge in [0.1, 0.15) is 12.3 Å². The number of hydrogen-bond donors (Lipinski definition) is 2. The van der Waals surface area contributed by atoms with Crippen molar-refractivity contribution in [1.29, 1.82) is 0 Å². The molecule has 7 nitrogen and oxygen atoms in total. The van der Waals surface area contributed by atoms with E-state index in [-0.39, 0.29) is 12.5 Å². The number of nitrogens with two attached hydrogens (primary N) is 1. The Labute approximate surface area is 110 Å². The fourth-order valence-electron chi connectivity index (χ4n) is 1.45. The standard InChI is InChI=1S/C12H15N5O2/c1-8-15-11(19-17-8)7-14-12(13)16-9-4-3-5-10(6-9)18-2/h3-6H,7H2,1-2H3,(H3,13,14,16). The third-order valence-electron chi connectivity index (χ3n) is 2.30. The molecule has 7 heteroatoms. The summed E-state index contributed by atoms with van der Waals surface area (Å²) in [6.07, 6.45) is 0. The molecule has 2 rings (SSSR count). The molecule has 0 amide bonds. The fourth-order valence-corrected chi connectivity index (χ4v) is 1.45. The van der Waals surface area contributed by atoms with Crippen LogP contribution in [0.25, 0.3) is 0 Å². The Kier molecular flexibility index (Phi) is 3.97. The summed E-state index contributed by atoms with van der Waals surface area (Å²) in [5.41, 5.74) is 6.55. The molecule has 0 saturated carbocycles. The highest BCUT2D eigenvalue weighted by atomic mass is 16.5. The first-order valence-corrected chi connectivity index (χ1v) is 5.67. The summed E-state index contributed by atoms with van der Waals surface area (Å²) >= 11 is 0. The first-order valence-electron chi connectivity index (χ1n) is 5.67. The lowest BCUT2D eigenvalue weighted by molar-refractivity contribution is 0.376. The largest absolute Gasteiger partial charge is 0.497 e. The van der Waals surface area contributed by atoms with Crippen molar-refractivity contribution >= 4 is 11.6 Å². The Morgan fingerprint density at radius 1 is 1.53 bits per heavy atom. The van der Waals surface area contributed by atoms with Crippen LogP contribution in [0.1, 0.15) is 11.7 Å². The minimum atomic E-state index is 0.240. The molecule has 0 spiro atoms. The van der Waals surface area contributed by atoms with Crippen LogP contribution in [0.3, 0.4) is 0 Å². The molecule has 0 atom stereocenters. The predicted molar refractivity (Wildman–Crippen MR) is 71.0 cm³/mol. The number of nitrogens with zero attached hydrogens (tertiary/aromatic N) is 3. The van der Waals surface area contributed by atoms with Gasteiger partial charge in [-0.3, -0.25) is 0 Å². The maximum Gasteiger partial charge on any atom is 0.248 e. The fraction of sp³-hybridized carbons (Fsp3) is 0.250. The van der Waals surface area contributed by atoms with Crippen LogP contribution >= 0.6 is 0 Å². The van der Waals surface area contributed by atoms with Gasteiger partial charge in [0.05, 0.1) is 7.11 Å². The molecule has 0 radical (unpaired) electrons. The van der Waals surface area contributed by atoms with Gasteiger partial charge in [-0.2, -0.15) is 4.98 Å². The SMILES string of the molecule is COc1cccc(NC(N)=NCc2nc(C)no2)c1. The molecule has 2 aromatic rings. The van der Waals surface area contributed by atoms with Crippen molar-refractivity contribution in [2.24, 2.45) is 10.7 Å². The summed E-state index contributed by atoms with van der Waals surface area (Å²) in [5, 5.41) is 6.62. The van der Waals surface area contributed by atoms with Crippen LogP contribution in [-0.2, 0) is 6.54 Å². The molecule has 1 heterocycles. The van der Waals surface area contributed by atoms with Gasteiger partial charge >= 0.3 is 0 Å². The van der Waals surface area contributed by atoms with Crippen LogP contribution in [0.2, 0.25) is 0 Å². The number of anilines is 1. The molecule has 1 aromatic heterocycles. The second kappa shape index (κ2) is 5.85. The third kappa shape index (κ3) is 3.70. The number of aryl methyl sites for hydroxylation is 1. The summed E-state index contributed by atoms with van der Waals surface area (Å²) in [4.78, 5) is 8.13. The van der Waals surface area contributed by atoms with E-state index in [1.807, 2.05) is 24.3 Å². The van der Waals surface area contributed by atoms with E-state index >= 15 is 0 Å². The molecular weight excluding hydrogens is 246 g/mol. The number of guanidine groups is 1. The summed E-state index contributed by atoms with van der Waals surface area (Å²) < 4.78 is 10.0. The monoisotopic (exact) mass is 261 g/mol. The Bertz CT molecular complexity index is 579. The van der Waals surface area contributed by atoms with Crippen molar-refractivity contribution in [3.8, 4) is 5.75 Å². The Balaban J connectivity index is 1.97. The second-order valence-corrected chi connectivity index (χ2v) is 3.79. The van der Waals surface area contributed by atoms with E-state index in [1.54, 1.807) is 14.0 Å². The van der Waals surface area contributed by atoms with E-state index in [0.29, 0.717) is 11.7 Å². The van der Waals surface area contributed by atoms with E-state index < -0.39 is 0 Å². The average Bonchev–Trinajstić information content (AvgIpc) is 2.82. The number of nitrogens with one attached hydrogen (secondary N) is 1. The van der Waals surface area contributed by atoms with Crippen molar-refractivity contribution in [1.82, 2.24) is 10.1 Å². The summed E-state index contributed by atoms with van der Waals surface area (Å²) in [7, 11) is 1.61. The smallest absolute Gasteiger partial charge is 0.248 e. The van der Waals surface area contributed by atoms with Crippen LogP contribution < -0.4 is 15.8 Å². The van der Waals surface area contributed by atoms with Gasteiger partial charge < -0.3 is 20.3 Å². The second-order valence-electron chi connectivity index (χ2n) is 3.79. The van der Waals surface area contributed by atoms with Gasteiger partial charge in [-0.25, -0.2) is 4.99 Å². The predicted octanol–water partition coefficient (Wildman–Crippen LogP) is 1.31. The molecule has 0 unspecified atom stereocenters. The van der Waals surface area contributed by atoms with Gasteiger partial charge in [0.2, 0.25) is 5.89 Å². The Morgan fingerprint density at radius 2 is 2.37 bits per heavy atom. The molecule has 0 aliphatic heterocycles. The van der Waals surface area contributed by atoms with Crippen molar-refractivity contribution in [3.05, 3.63) is 36.0 Å². The van der Waals surface area contributed by atoms with Gasteiger partial charge in [-0.15, -0.1) is 0 Å². The maximum atomic E-state index is 5.76. The summed E-state index contributed by atoms with van der Waals surface area (Å²) in [6.45, 7) is 1.98. The van der Waals surface area contributed by atoms with Crippen molar-refractivity contribution in [2.75, 3.05) is 12.4 Å². The molecule has 0 aliphatic carbocycles. The zero-order valence-corrected chi connectivity index (χ0v) is 10.8. The van der Waals surface area contributed by atoms with E-state index in [2.05, 4.69) is 20.4 Å². The highest BCUT2D eigenvalue weighted by Gasteiger charge is 2.02. The van der Waals surface area contributed by atoms with Crippen LogP contribution in [0.5, 0.6) is 5.75 Å². The average molecular weight is 261 g/mol. The number of hydrogen-bond acceptors (Lipinski definition) is 5. The third-order valence-corrected chi connectivity index (χ3v) is 2.30. The number of ether oxygens (including phenoxy) is 1. The zero-order valence-electron chi connectivity index (χ0n) is 10.8. The minimum Gasteiger partial charge on any atom is -0.497 e. The van der Waals surface area contributed by atoms with Crippen molar-refractivity contribution in [3.63, 3.8) is 0 Å². The highest BCUT2D eigenvalue weighted by Crippen LogP contribution is 2.16. The molecule has 0 bridgehead atoms. The number of aromatic nitrogens is 2. The molecule has 0 saturated heterocycles. The molecule has 1 aromatic carbocycles. The van der Waals surface area contributed by atoms with E-state index in [1.165, 1.54) is 0 Å². The molecule has 100 valence electrons. The highest BCUT2D eigenvalue weighted by molar-refractivity contribution is 5.92. The van der Waals surface area contributed by atoms with Gasteiger partial charge in [0.15, 0.2) is 11.8 Å². The summed E-state index contributed by atoms with van der Waals surface area (Å²) in [6, 6.07) is 7.39. The minimum absolute atomic E-state index is 0.240. The molecule has 3 N–H and O–H groups in total. The quantitative estimate of drug-likeness (QED) is 0.636. The van der Waals surface area contributed by atoms with Gasteiger partial charge in [-0.05, 0) is 19.1 Å². The van der Waals surface area contributed by atoms with E-state index in [4.69, 9.17) is 15.0 Å². The van der Waals surface area contributed by atoms with Gasteiger partial charge in [0.25, 0.3) is 0 Å². The lowest BCUT2D eigenvalue weighted by Crippen LogP contribution is -2.22. The normalized spacial score (nSPS) is 11.4. The maximum absolute atomic E-state index is 5.76. The number of benzene rings is 1. The van der Waals surface area contributed by atoms with Crippen LogP contribution in [-0.4, -0.2) is 23.2 Å². The van der Waals surface area contributed by atoms with Gasteiger partial charge in [0, 0.05) is 11.8 Å². The molecular formula is C12H15N5O2. The lowest BCUT2D eigenvalue weighted by Gasteiger charge is -2.06. The topological polar surface area (TPSA) is 98.6 Å². The van der Waals surface area contributed by atoms with Crippen molar-refractivity contribution < 1.29 is 9.26 Å². The van der Waals surface area contributed by atoms with Gasteiger partial charge in [-0.1, -0.05) is 11.2 Å².